The number of nitrogens with zero attached hydrogens (tertiary/aromatic N) is 1. The highest BCUT2D eigenvalue weighted by molar-refractivity contribution is 7.89. The van der Waals surface area contributed by atoms with E-state index in [2.05, 4.69) is 4.98 Å². The van der Waals surface area contributed by atoms with Crippen molar-refractivity contribution in [2.45, 2.75) is 53.4 Å². The summed E-state index contributed by atoms with van der Waals surface area (Å²) < 4.78 is 33.1. The molecule has 0 saturated heterocycles. The Morgan fingerprint density at radius 3 is 2.00 bits per heavy atom. The molecule has 7 heteroatoms. The zero-order chi connectivity index (χ0) is 18.7. The molecule has 0 aromatic carbocycles. The Morgan fingerprint density at radius 1 is 1.08 bits per heavy atom. The van der Waals surface area contributed by atoms with Gasteiger partial charge in [0.25, 0.3) is 0 Å². The minimum Gasteiger partial charge on any atom is -0.462 e. The number of nitrogens with one attached hydrogen (secondary N) is 1. The highest BCUT2D eigenvalue weighted by Crippen LogP contribution is 2.28. The van der Waals surface area contributed by atoms with E-state index in [4.69, 9.17) is 4.74 Å². The first-order chi connectivity index (χ1) is 11.0. The van der Waals surface area contributed by atoms with Crippen molar-refractivity contribution in [3.63, 3.8) is 0 Å². The molecule has 24 heavy (non-hydrogen) atoms. The maximum absolute atomic E-state index is 13.3. The Bertz CT molecular complexity index is 665. The van der Waals surface area contributed by atoms with Gasteiger partial charge in [0.05, 0.1) is 6.61 Å². The second-order valence-electron chi connectivity index (χ2n) is 6.91. The van der Waals surface area contributed by atoms with Gasteiger partial charge in [0.15, 0.2) is 0 Å². The van der Waals surface area contributed by atoms with Crippen LogP contribution in [0.4, 0.5) is 0 Å². The van der Waals surface area contributed by atoms with E-state index in [1.807, 2.05) is 27.7 Å². The van der Waals surface area contributed by atoms with E-state index in [1.54, 1.807) is 20.8 Å². The SMILES string of the molecule is CCOC(=O)c1c(C)[nH]c(C)c1S(=O)(=O)N(CC(C)C)CC(C)C. The van der Waals surface area contributed by atoms with Crippen LogP contribution in [0, 0.1) is 25.7 Å². The summed E-state index contributed by atoms with van der Waals surface area (Å²) in [6.45, 7) is 14.0. The number of ether oxygens (including phenoxy) is 1. The van der Waals surface area contributed by atoms with Crippen LogP contribution in [0.5, 0.6) is 0 Å². The van der Waals surface area contributed by atoms with Crippen LogP contribution in [0.25, 0.3) is 0 Å². The molecule has 1 aromatic heterocycles. The number of carbonyl (C=O) groups excluding carboxylic acids is 1. The molecule has 0 bridgehead atoms. The summed E-state index contributed by atoms with van der Waals surface area (Å²) in [5.41, 5.74) is 1.10. The highest BCUT2D eigenvalue weighted by Gasteiger charge is 2.34. The van der Waals surface area contributed by atoms with Crippen LogP contribution in [-0.2, 0) is 14.8 Å². The third kappa shape index (κ3) is 4.60. The zero-order valence-corrected chi connectivity index (χ0v) is 16.6. The monoisotopic (exact) mass is 358 g/mol. The second kappa shape index (κ2) is 8.16. The van der Waals surface area contributed by atoms with E-state index in [1.165, 1.54) is 4.31 Å². The molecule has 0 atom stereocenters. The Labute approximate surface area is 145 Å². The molecule has 0 amide bonds. The van der Waals surface area contributed by atoms with E-state index in [0.29, 0.717) is 24.5 Å². The molecule has 1 heterocycles. The van der Waals surface area contributed by atoms with Gasteiger partial charge in [-0.3, -0.25) is 0 Å². The summed E-state index contributed by atoms with van der Waals surface area (Å²) in [5, 5.41) is 0. The maximum atomic E-state index is 13.3. The molecule has 0 saturated carbocycles. The van der Waals surface area contributed by atoms with Crippen molar-refractivity contribution < 1.29 is 17.9 Å². The second-order valence-corrected chi connectivity index (χ2v) is 8.78. The zero-order valence-electron chi connectivity index (χ0n) is 15.8. The van der Waals surface area contributed by atoms with Gasteiger partial charge in [-0.25, -0.2) is 13.2 Å². The van der Waals surface area contributed by atoms with E-state index in [0.717, 1.165) is 0 Å². The van der Waals surface area contributed by atoms with E-state index >= 15 is 0 Å². The lowest BCUT2D eigenvalue weighted by Crippen LogP contribution is -2.37. The van der Waals surface area contributed by atoms with Crippen LogP contribution in [0.15, 0.2) is 4.90 Å². The lowest BCUT2D eigenvalue weighted by atomic mass is 10.2. The van der Waals surface area contributed by atoms with Gasteiger partial charge in [-0.05, 0) is 32.6 Å². The van der Waals surface area contributed by atoms with Crippen LogP contribution < -0.4 is 0 Å². The van der Waals surface area contributed by atoms with Gasteiger partial charge in [0.2, 0.25) is 10.0 Å². The average molecular weight is 359 g/mol. The van der Waals surface area contributed by atoms with Crippen molar-refractivity contribution in [2.75, 3.05) is 19.7 Å². The van der Waals surface area contributed by atoms with Crippen LogP contribution in [0.2, 0.25) is 0 Å². The maximum Gasteiger partial charge on any atom is 0.341 e. The van der Waals surface area contributed by atoms with Crippen LogP contribution in [-0.4, -0.2) is 43.4 Å². The van der Waals surface area contributed by atoms with Crippen molar-refractivity contribution in [3.05, 3.63) is 17.0 Å². The quantitative estimate of drug-likeness (QED) is 0.724. The molecular weight excluding hydrogens is 328 g/mol. The van der Waals surface area contributed by atoms with Crippen molar-refractivity contribution in [3.8, 4) is 0 Å². The third-order valence-corrected chi connectivity index (χ3v) is 5.54. The van der Waals surface area contributed by atoms with Crippen molar-refractivity contribution >= 4 is 16.0 Å². The lowest BCUT2D eigenvalue weighted by molar-refractivity contribution is 0.0521. The molecular formula is C17H30N2O4S. The number of hydrogen-bond acceptors (Lipinski definition) is 4. The summed E-state index contributed by atoms with van der Waals surface area (Å²) in [7, 11) is -3.79. The van der Waals surface area contributed by atoms with Gasteiger partial charge in [-0.1, -0.05) is 27.7 Å². The van der Waals surface area contributed by atoms with Crippen LogP contribution in [0.1, 0.15) is 56.4 Å². The number of H-pyrrole nitrogens is 1. The topological polar surface area (TPSA) is 79.5 Å². The van der Waals surface area contributed by atoms with Crippen molar-refractivity contribution in [1.82, 2.24) is 9.29 Å². The fourth-order valence-electron chi connectivity index (χ4n) is 2.74. The molecule has 0 spiro atoms. The predicted octanol–water partition coefficient (Wildman–Crippen LogP) is 3.11. The van der Waals surface area contributed by atoms with Crippen LogP contribution in [0.3, 0.4) is 0 Å². The van der Waals surface area contributed by atoms with Crippen molar-refractivity contribution in [2.24, 2.45) is 11.8 Å². The predicted molar refractivity (Wildman–Crippen MR) is 94.7 cm³/mol. The molecule has 0 aliphatic heterocycles. The summed E-state index contributed by atoms with van der Waals surface area (Å²) >= 11 is 0. The lowest BCUT2D eigenvalue weighted by Gasteiger charge is -2.26. The normalized spacial score (nSPS) is 12.4. The fraction of sp³-hybridized carbons (Fsp3) is 0.706. The number of sulfonamides is 1. The first-order valence-corrected chi connectivity index (χ1v) is 9.82. The van der Waals surface area contributed by atoms with E-state index in [-0.39, 0.29) is 28.9 Å². The summed E-state index contributed by atoms with van der Waals surface area (Å²) in [6, 6.07) is 0. The highest BCUT2D eigenvalue weighted by atomic mass is 32.2. The van der Waals surface area contributed by atoms with Gasteiger partial charge in [-0.15, -0.1) is 0 Å². The van der Waals surface area contributed by atoms with Gasteiger partial charge in [-0.2, -0.15) is 4.31 Å². The molecule has 1 rings (SSSR count). The molecule has 0 fully saturated rings. The number of esters is 1. The molecule has 1 N–H and O–H groups in total. The summed E-state index contributed by atoms with van der Waals surface area (Å²) in [6.07, 6.45) is 0. The number of aromatic amines is 1. The molecule has 0 aliphatic rings. The molecule has 6 nitrogen and oxygen atoms in total. The smallest absolute Gasteiger partial charge is 0.341 e. The molecule has 1 aromatic rings. The van der Waals surface area contributed by atoms with Gasteiger partial charge in [0, 0.05) is 24.5 Å². The minimum absolute atomic E-state index is 0.0414. The number of aryl methyl sites for hydroxylation is 2. The largest absolute Gasteiger partial charge is 0.462 e. The number of hydrogen-bond donors (Lipinski definition) is 1. The first-order valence-electron chi connectivity index (χ1n) is 8.38. The average Bonchev–Trinajstić information content (AvgIpc) is 2.72. The molecule has 0 aliphatic carbocycles. The molecule has 0 radical (unpaired) electrons. The standard InChI is InChI=1S/C17H30N2O4S/c1-8-23-17(20)15-13(6)18-14(7)16(15)24(21,22)19(9-11(2)3)10-12(4)5/h11-12,18H,8-10H2,1-7H3. The summed E-state index contributed by atoms with van der Waals surface area (Å²) in [5.74, 6) is -0.234. The minimum atomic E-state index is -3.79. The fourth-order valence-corrected chi connectivity index (χ4v) is 4.92. The van der Waals surface area contributed by atoms with Gasteiger partial charge in [0.1, 0.15) is 10.5 Å². The van der Waals surface area contributed by atoms with Crippen LogP contribution >= 0.6 is 0 Å². The Morgan fingerprint density at radius 2 is 1.58 bits per heavy atom. The number of rotatable bonds is 8. The Kier molecular flexibility index (Phi) is 7.04. The number of carbonyl (C=O) groups is 1. The molecule has 0 unspecified atom stereocenters. The Hall–Kier alpha value is -1.34. The number of aromatic nitrogens is 1. The van der Waals surface area contributed by atoms with Crippen molar-refractivity contribution in [1.29, 1.82) is 0 Å². The Balaban J connectivity index is 3.47. The third-order valence-electron chi connectivity index (χ3n) is 3.53. The first kappa shape index (κ1) is 20.7. The van der Waals surface area contributed by atoms with E-state index < -0.39 is 16.0 Å². The van der Waals surface area contributed by atoms with Gasteiger partial charge < -0.3 is 9.72 Å². The van der Waals surface area contributed by atoms with E-state index in [9.17, 15) is 13.2 Å². The summed E-state index contributed by atoms with van der Waals surface area (Å²) in [4.78, 5) is 15.3. The molecule has 138 valence electrons. The van der Waals surface area contributed by atoms with Gasteiger partial charge >= 0.3 is 5.97 Å².